The zero-order valence-electron chi connectivity index (χ0n) is 8.74. The van der Waals surface area contributed by atoms with Gasteiger partial charge in [0.2, 0.25) is 0 Å². The van der Waals surface area contributed by atoms with Gasteiger partial charge in [0.25, 0.3) is 0 Å². The lowest BCUT2D eigenvalue weighted by Crippen LogP contribution is -2.36. The lowest BCUT2D eigenvalue weighted by Gasteiger charge is -2.41. The average Bonchev–Trinajstić information content (AvgIpc) is 2.16. The van der Waals surface area contributed by atoms with Gasteiger partial charge in [0.05, 0.1) is 10.9 Å². The molecule has 1 aliphatic rings. The maximum atomic E-state index is 10.9. The highest BCUT2D eigenvalue weighted by molar-refractivity contribution is 9.10. The molecule has 0 spiro atoms. The summed E-state index contributed by atoms with van der Waals surface area (Å²) in [6.45, 7) is 0. The first-order valence-electron chi connectivity index (χ1n) is 5.25. The zero-order valence-corrected chi connectivity index (χ0v) is 10.3. The quantitative estimate of drug-likeness (QED) is 0.897. The number of aromatic hydroxyl groups is 1. The number of carboxylic acids is 1. The Kier molecular flexibility index (Phi) is 2.93. The number of benzene rings is 1. The molecule has 0 heterocycles. The first kappa shape index (κ1) is 11.5. The number of para-hydroxylation sites is 1. The third-order valence-electron chi connectivity index (χ3n) is 3.36. The molecule has 2 N–H and O–H groups in total. The van der Waals surface area contributed by atoms with E-state index in [1.54, 1.807) is 6.07 Å². The van der Waals surface area contributed by atoms with Crippen molar-refractivity contribution in [2.24, 2.45) is 0 Å². The normalized spacial score (nSPS) is 17.8. The monoisotopic (exact) mass is 284 g/mol. The van der Waals surface area contributed by atoms with E-state index in [-0.39, 0.29) is 17.6 Å². The molecule has 1 aromatic rings. The molecule has 1 aliphatic carbocycles. The summed E-state index contributed by atoms with van der Waals surface area (Å²) in [6, 6.07) is 5.41. The summed E-state index contributed by atoms with van der Waals surface area (Å²) in [5, 5.41) is 18.9. The standard InChI is InChI=1S/C12H13BrO3/c13-9-4-1-3-8(11(9)16)12(5-2-6-12)7-10(14)15/h1,3-4,16H,2,5-7H2,(H,14,15). The van der Waals surface area contributed by atoms with Crippen LogP contribution in [0, 0.1) is 0 Å². The minimum absolute atomic E-state index is 0.0943. The van der Waals surface area contributed by atoms with Crippen LogP contribution in [0.25, 0.3) is 0 Å². The summed E-state index contributed by atoms with van der Waals surface area (Å²) in [5.74, 6) is -0.623. The Morgan fingerprint density at radius 3 is 2.62 bits per heavy atom. The average molecular weight is 285 g/mol. The summed E-state index contributed by atoms with van der Waals surface area (Å²) in [6.07, 6.45) is 2.79. The Bertz CT molecular complexity index is 424. The van der Waals surface area contributed by atoms with Crippen molar-refractivity contribution in [3.05, 3.63) is 28.2 Å². The van der Waals surface area contributed by atoms with Crippen LogP contribution in [0.5, 0.6) is 5.75 Å². The predicted molar refractivity (Wildman–Crippen MR) is 63.6 cm³/mol. The molecule has 0 amide bonds. The number of hydrogen-bond acceptors (Lipinski definition) is 2. The van der Waals surface area contributed by atoms with Crippen LogP contribution < -0.4 is 0 Å². The predicted octanol–water partition coefficient (Wildman–Crippen LogP) is 3.05. The fraction of sp³-hybridized carbons (Fsp3) is 0.417. The number of rotatable bonds is 3. The first-order valence-corrected chi connectivity index (χ1v) is 6.04. The number of carbonyl (C=O) groups is 1. The molecule has 0 saturated heterocycles. The Morgan fingerprint density at radius 1 is 1.44 bits per heavy atom. The molecule has 0 aromatic heterocycles. The first-order chi connectivity index (χ1) is 7.55. The van der Waals surface area contributed by atoms with Crippen LogP contribution in [-0.2, 0) is 10.2 Å². The van der Waals surface area contributed by atoms with Crippen LogP contribution in [0.2, 0.25) is 0 Å². The summed E-state index contributed by atoms with van der Waals surface area (Å²) < 4.78 is 0.627. The van der Waals surface area contributed by atoms with E-state index in [1.165, 1.54) is 0 Å². The van der Waals surface area contributed by atoms with Crippen LogP contribution >= 0.6 is 15.9 Å². The molecule has 2 rings (SSSR count). The van der Waals surface area contributed by atoms with Crippen LogP contribution in [0.4, 0.5) is 0 Å². The van der Waals surface area contributed by atoms with Crippen molar-refractivity contribution in [2.45, 2.75) is 31.1 Å². The summed E-state index contributed by atoms with van der Waals surface area (Å²) in [4.78, 5) is 10.9. The van der Waals surface area contributed by atoms with Gasteiger partial charge in [-0.15, -0.1) is 0 Å². The molecule has 3 nitrogen and oxygen atoms in total. The molecule has 1 saturated carbocycles. The van der Waals surface area contributed by atoms with Gasteiger partial charge in [-0.2, -0.15) is 0 Å². The highest BCUT2D eigenvalue weighted by Gasteiger charge is 2.42. The highest BCUT2D eigenvalue weighted by Crippen LogP contribution is 2.50. The molecule has 4 heteroatoms. The summed E-state index contributed by atoms with van der Waals surface area (Å²) >= 11 is 3.26. The van der Waals surface area contributed by atoms with Gasteiger partial charge in [0.1, 0.15) is 5.75 Å². The van der Waals surface area contributed by atoms with Gasteiger partial charge < -0.3 is 10.2 Å². The molecule has 1 aromatic carbocycles. The summed E-state index contributed by atoms with van der Waals surface area (Å²) in [7, 11) is 0. The number of halogens is 1. The fourth-order valence-corrected chi connectivity index (χ4v) is 2.74. The van der Waals surface area contributed by atoms with E-state index in [4.69, 9.17) is 5.11 Å². The number of aliphatic carboxylic acids is 1. The van der Waals surface area contributed by atoms with Crippen molar-refractivity contribution in [3.63, 3.8) is 0 Å². The van der Waals surface area contributed by atoms with Crippen LogP contribution in [0.3, 0.4) is 0 Å². The third-order valence-corrected chi connectivity index (χ3v) is 4.00. The fourth-order valence-electron chi connectivity index (χ4n) is 2.38. The van der Waals surface area contributed by atoms with E-state index in [0.717, 1.165) is 24.8 Å². The highest BCUT2D eigenvalue weighted by atomic mass is 79.9. The van der Waals surface area contributed by atoms with Gasteiger partial charge in [0, 0.05) is 11.0 Å². The van der Waals surface area contributed by atoms with Gasteiger partial charge in [-0.1, -0.05) is 18.6 Å². The molecule has 86 valence electrons. The topological polar surface area (TPSA) is 57.5 Å². The minimum atomic E-state index is -0.806. The Balaban J connectivity index is 2.40. The smallest absolute Gasteiger partial charge is 0.304 e. The molecule has 0 aliphatic heterocycles. The lowest BCUT2D eigenvalue weighted by molar-refractivity contribution is -0.139. The lowest BCUT2D eigenvalue weighted by atomic mass is 9.62. The molecule has 1 fully saturated rings. The largest absolute Gasteiger partial charge is 0.506 e. The molecular weight excluding hydrogens is 272 g/mol. The number of carboxylic acid groups (broad SMARTS) is 1. The maximum absolute atomic E-state index is 10.9. The summed E-state index contributed by atoms with van der Waals surface area (Å²) in [5.41, 5.74) is 0.398. The molecule has 0 unspecified atom stereocenters. The molecule has 0 atom stereocenters. The van der Waals surface area contributed by atoms with Crippen molar-refractivity contribution in [3.8, 4) is 5.75 Å². The van der Waals surface area contributed by atoms with Crippen molar-refractivity contribution in [1.82, 2.24) is 0 Å². The van der Waals surface area contributed by atoms with Crippen molar-refractivity contribution in [1.29, 1.82) is 0 Å². The van der Waals surface area contributed by atoms with Crippen molar-refractivity contribution < 1.29 is 15.0 Å². The Morgan fingerprint density at radius 2 is 2.12 bits per heavy atom. The second kappa shape index (κ2) is 4.09. The number of phenols is 1. The van der Waals surface area contributed by atoms with Gasteiger partial charge in [-0.05, 0) is 34.8 Å². The van der Waals surface area contributed by atoms with Gasteiger partial charge >= 0.3 is 5.97 Å². The molecule has 16 heavy (non-hydrogen) atoms. The molecule has 0 radical (unpaired) electrons. The maximum Gasteiger partial charge on any atom is 0.304 e. The Hall–Kier alpha value is -1.03. The third kappa shape index (κ3) is 1.82. The minimum Gasteiger partial charge on any atom is -0.506 e. The van der Waals surface area contributed by atoms with E-state index in [9.17, 15) is 9.90 Å². The zero-order chi connectivity index (χ0) is 11.8. The van der Waals surface area contributed by atoms with Crippen LogP contribution in [0.1, 0.15) is 31.2 Å². The Labute approximate surface area is 102 Å². The second-order valence-electron chi connectivity index (χ2n) is 4.34. The molecular formula is C12H13BrO3. The van der Waals surface area contributed by atoms with Crippen molar-refractivity contribution in [2.75, 3.05) is 0 Å². The van der Waals surface area contributed by atoms with Crippen LogP contribution in [-0.4, -0.2) is 16.2 Å². The number of hydrogen-bond donors (Lipinski definition) is 2. The molecule has 0 bridgehead atoms. The van der Waals surface area contributed by atoms with Gasteiger partial charge in [-0.3, -0.25) is 4.79 Å². The van der Waals surface area contributed by atoms with E-state index < -0.39 is 5.97 Å². The van der Waals surface area contributed by atoms with Crippen LogP contribution in [0.15, 0.2) is 22.7 Å². The van der Waals surface area contributed by atoms with E-state index in [2.05, 4.69) is 15.9 Å². The van der Waals surface area contributed by atoms with E-state index >= 15 is 0 Å². The van der Waals surface area contributed by atoms with Gasteiger partial charge in [-0.25, -0.2) is 0 Å². The van der Waals surface area contributed by atoms with E-state index in [0.29, 0.717) is 4.47 Å². The van der Waals surface area contributed by atoms with E-state index in [1.807, 2.05) is 12.1 Å². The van der Waals surface area contributed by atoms with Gasteiger partial charge in [0.15, 0.2) is 0 Å². The number of phenolic OH excluding ortho intramolecular Hbond substituents is 1. The second-order valence-corrected chi connectivity index (χ2v) is 5.19. The van der Waals surface area contributed by atoms with Crippen molar-refractivity contribution >= 4 is 21.9 Å². The SMILES string of the molecule is O=C(O)CC1(c2cccc(Br)c2O)CCC1.